The van der Waals surface area contributed by atoms with Gasteiger partial charge in [-0.1, -0.05) is 24.4 Å². The van der Waals surface area contributed by atoms with E-state index >= 15 is 0 Å². The summed E-state index contributed by atoms with van der Waals surface area (Å²) in [4.78, 5) is 26.9. The van der Waals surface area contributed by atoms with Gasteiger partial charge in [-0.3, -0.25) is 9.59 Å². The topological polar surface area (TPSA) is 49.4 Å². The van der Waals surface area contributed by atoms with E-state index in [0.29, 0.717) is 18.1 Å². The molecule has 1 saturated carbocycles. The average molecular weight is 403 g/mol. The molecule has 4 rings (SSSR count). The number of thiophene rings is 1. The third kappa shape index (κ3) is 3.76. The standard InChI is InChI=1S/C21H23ClN2O2S/c22-17-3-5-18(6-4-17)24-12-15(11-19(24)25)20(26)23-14-21(8-1-2-9-21)16-7-10-27-13-16/h3-7,10,13,15H,1-2,8-9,11-12,14H2,(H,23,26). The van der Waals surface area contributed by atoms with Crippen LogP contribution in [0.5, 0.6) is 0 Å². The largest absolute Gasteiger partial charge is 0.355 e. The molecule has 2 heterocycles. The zero-order valence-electron chi connectivity index (χ0n) is 15.1. The molecule has 1 aliphatic carbocycles. The molecule has 1 saturated heterocycles. The molecule has 0 radical (unpaired) electrons. The van der Waals surface area contributed by atoms with Crippen molar-refractivity contribution >= 4 is 40.4 Å². The second kappa shape index (κ2) is 7.64. The Kier molecular flexibility index (Phi) is 5.24. The van der Waals surface area contributed by atoms with Crippen molar-refractivity contribution in [2.45, 2.75) is 37.5 Å². The Morgan fingerprint density at radius 2 is 1.96 bits per heavy atom. The quantitative estimate of drug-likeness (QED) is 0.806. The number of hydrogen-bond donors (Lipinski definition) is 1. The van der Waals surface area contributed by atoms with Crippen LogP contribution in [0.3, 0.4) is 0 Å². The van der Waals surface area contributed by atoms with E-state index in [1.54, 1.807) is 28.4 Å². The van der Waals surface area contributed by atoms with Crippen LogP contribution < -0.4 is 10.2 Å². The Labute approximate surface area is 168 Å². The first-order chi connectivity index (χ1) is 13.1. The van der Waals surface area contributed by atoms with Gasteiger partial charge in [-0.15, -0.1) is 0 Å². The van der Waals surface area contributed by atoms with Crippen molar-refractivity contribution in [1.29, 1.82) is 0 Å². The van der Waals surface area contributed by atoms with Crippen molar-refractivity contribution in [3.05, 3.63) is 51.7 Å². The van der Waals surface area contributed by atoms with E-state index in [2.05, 4.69) is 22.1 Å². The number of amides is 2. The van der Waals surface area contributed by atoms with Crippen LogP contribution in [0.25, 0.3) is 0 Å². The maximum absolute atomic E-state index is 12.8. The fourth-order valence-corrected chi connectivity index (χ4v) is 5.24. The molecule has 0 bridgehead atoms. The van der Waals surface area contributed by atoms with Crippen LogP contribution in [0.2, 0.25) is 5.02 Å². The molecular weight excluding hydrogens is 380 g/mol. The van der Waals surface area contributed by atoms with Crippen LogP contribution in [-0.2, 0) is 15.0 Å². The number of nitrogens with one attached hydrogen (secondary N) is 1. The zero-order chi connectivity index (χ0) is 18.9. The smallest absolute Gasteiger partial charge is 0.227 e. The first-order valence-corrected chi connectivity index (χ1v) is 10.8. The fraction of sp³-hybridized carbons (Fsp3) is 0.429. The second-order valence-electron chi connectivity index (χ2n) is 7.60. The van der Waals surface area contributed by atoms with E-state index in [9.17, 15) is 9.59 Å². The molecule has 1 aromatic heterocycles. The number of carbonyl (C=O) groups is 2. The van der Waals surface area contributed by atoms with Gasteiger partial charge in [0.25, 0.3) is 0 Å². The fourth-order valence-electron chi connectivity index (χ4n) is 4.34. The lowest BCUT2D eigenvalue weighted by atomic mass is 9.80. The molecule has 2 amide bonds. The van der Waals surface area contributed by atoms with Gasteiger partial charge in [0.2, 0.25) is 11.8 Å². The first-order valence-electron chi connectivity index (χ1n) is 9.44. The number of halogens is 1. The third-order valence-corrected chi connectivity index (χ3v) is 6.86. The van der Waals surface area contributed by atoms with Gasteiger partial charge in [0, 0.05) is 35.6 Å². The highest BCUT2D eigenvalue weighted by molar-refractivity contribution is 7.08. The van der Waals surface area contributed by atoms with Crippen LogP contribution in [0.4, 0.5) is 5.69 Å². The van der Waals surface area contributed by atoms with Crippen LogP contribution in [0.15, 0.2) is 41.1 Å². The van der Waals surface area contributed by atoms with Crippen molar-refractivity contribution in [3.63, 3.8) is 0 Å². The molecule has 142 valence electrons. The monoisotopic (exact) mass is 402 g/mol. The van der Waals surface area contributed by atoms with Gasteiger partial charge in [-0.05, 0) is 59.5 Å². The van der Waals surface area contributed by atoms with Crippen molar-refractivity contribution in [1.82, 2.24) is 5.32 Å². The molecule has 1 aromatic carbocycles. The summed E-state index contributed by atoms with van der Waals surface area (Å²) < 4.78 is 0. The summed E-state index contributed by atoms with van der Waals surface area (Å²) in [5.74, 6) is -0.318. The summed E-state index contributed by atoms with van der Waals surface area (Å²) in [5.41, 5.74) is 2.20. The van der Waals surface area contributed by atoms with E-state index in [1.807, 2.05) is 12.1 Å². The minimum atomic E-state index is -0.297. The number of hydrogen-bond acceptors (Lipinski definition) is 3. The van der Waals surface area contributed by atoms with E-state index in [1.165, 1.54) is 18.4 Å². The Balaban J connectivity index is 1.40. The van der Waals surface area contributed by atoms with Gasteiger partial charge in [-0.2, -0.15) is 11.3 Å². The van der Waals surface area contributed by atoms with Crippen molar-refractivity contribution in [2.75, 3.05) is 18.0 Å². The Hall–Kier alpha value is -1.85. The van der Waals surface area contributed by atoms with Crippen molar-refractivity contribution in [2.24, 2.45) is 5.92 Å². The van der Waals surface area contributed by atoms with Gasteiger partial charge >= 0.3 is 0 Å². The predicted octanol–water partition coefficient (Wildman–Crippen LogP) is 4.38. The lowest BCUT2D eigenvalue weighted by molar-refractivity contribution is -0.126. The van der Waals surface area contributed by atoms with E-state index in [0.717, 1.165) is 18.5 Å². The second-order valence-corrected chi connectivity index (χ2v) is 8.82. The van der Waals surface area contributed by atoms with E-state index in [4.69, 9.17) is 11.6 Å². The molecule has 1 N–H and O–H groups in total. The summed E-state index contributed by atoms with van der Waals surface area (Å²) in [6, 6.07) is 9.36. The maximum atomic E-state index is 12.8. The highest BCUT2D eigenvalue weighted by atomic mass is 35.5. The summed E-state index contributed by atoms with van der Waals surface area (Å²) in [5, 5.41) is 8.11. The lowest BCUT2D eigenvalue weighted by Gasteiger charge is -2.29. The Morgan fingerprint density at radius 3 is 2.63 bits per heavy atom. The molecule has 0 spiro atoms. The minimum absolute atomic E-state index is 0.00844. The molecule has 4 nitrogen and oxygen atoms in total. The van der Waals surface area contributed by atoms with Gasteiger partial charge in [0.05, 0.1) is 5.92 Å². The van der Waals surface area contributed by atoms with Gasteiger partial charge in [0.1, 0.15) is 0 Å². The number of carbonyl (C=O) groups excluding carboxylic acids is 2. The molecule has 6 heteroatoms. The van der Waals surface area contributed by atoms with E-state index in [-0.39, 0.29) is 29.6 Å². The van der Waals surface area contributed by atoms with Crippen LogP contribution in [0.1, 0.15) is 37.7 Å². The van der Waals surface area contributed by atoms with Gasteiger partial charge < -0.3 is 10.2 Å². The molecule has 1 atom stereocenters. The Morgan fingerprint density at radius 1 is 1.22 bits per heavy atom. The predicted molar refractivity (Wildman–Crippen MR) is 109 cm³/mol. The van der Waals surface area contributed by atoms with Crippen molar-refractivity contribution in [3.8, 4) is 0 Å². The molecule has 2 aliphatic rings. The molecule has 27 heavy (non-hydrogen) atoms. The van der Waals surface area contributed by atoms with Gasteiger partial charge in [0.15, 0.2) is 0 Å². The molecule has 1 unspecified atom stereocenters. The average Bonchev–Trinajstić information content (AvgIpc) is 3.41. The molecular formula is C21H23ClN2O2S. The van der Waals surface area contributed by atoms with Crippen LogP contribution in [0, 0.1) is 5.92 Å². The third-order valence-electron chi connectivity index (χ3n) is 5.93. The highest BCUT2D eigenvalue weighted by Crippen LogP contribution is 2.41. The normalized spacial score (nSPS) is 21.6. The minimum Gasteiger partial charge on any atom is -0.355 e. The Bertz CT molecular complexity index is 813. The lowest BCUT2D eigenvalue weighted by Crippen LogP contribution is -2.42. The maximum Gasteiger partial charge on any atom is 0.227 e. The molecule has 2 fully saturated rings. The summed E-state index contributed by atoms with van der Waals surface area (Å²) in [6.07, 6.45) is 4.91. The number of anilines is 1. The van der Waals surface area contributed by atoms with Crippen molar-refractivity contribution < 1.29 is 9.59 Å². The highest BCUT2D eigenvalue weighted by Gasteiger charge is 2.39. The first kappa shape index (κ1) is 18.5. The summed E-state index contributed by atoms with van der Waals surface area (Å²) >= 11 is 7.64. The van der Waals surface area contributed by atoms with E-state index < -0.39 is 0 Å². The number of rotatable bonds is 5. The van der Waals surface area contributed by atoms with Gasteiger partial charge in [-0.25, -0.2) is 0 Å². The number of nitrogens with zero attached hydrogens (tertiary/aromatic N) is 1. The molecule has 1 aliphatic heterocycles. The molecule has 2 aromatic rings. The van der Waals surface area contributed by atoms with Crippen LogP contribution in [-0.4, -0.2) is 24.9 Å². The SMILES string of the molecule is O=C(NCC1(c2ccsc2)CCCC1)C1CC(=O)N(c2ccc(Cl)cc2)C1. The summed E-state index contributed by atoms with van der Waals surface area (Å²) in [6.45, 7) is 1.09. The summed E-state index contributed by atoms with van der Waals surface area (Å²) in [7, 11) is 0. The zero-order valence-corrected chi connectivity index (χ0v) is 16.7. The van der Waals surface area contributed by atoms with Crippen LogP contribution >= 0.6 is 22.9 Å². The number of benzene rings is 1.